The molecule has 1 aromatic heterocycles. The molecule has 0 aliphatic carbocycles. The summed E-state index contributed by atoms with van der Waals surface area (Å²) in [5.41, 5.74) is 35.6. The van der Waals surface area contributed by atoms with Crippen LogP contribution in [0.1, 0.15) is 63.5 Å². The van der Waals surface area contributed by atoms with E-state index < -0.39 is 101 Å². The number of rotatable bonds is 17. The van der Waals surface area contributed by atoms with Crippen molar-refractivity contribution in [2.75, 3.05) is 18.8 Å². The number of hydrogen-bond donors (Lipinski definition) is 14. The monoisotopic (exact) mass is 1020 g/mol. The van der Waals surface area contributed by atoms with Crippen molar-refractivity contribution in [3.05, 3.63) is 71.9 Å². The van der Waals surface area contributed by atoms with E-state index in [0.29, 0.717) is 17.5 Å². The van der Waals surface area contributed by atoms with Crippen molar-refractivity contribution in [1.29, 1.82) is 0 Å². The first kappa shape index (κ1) is 56.5. The van der Waals surface area contributed by atoms with Gasteiger partial charge in [-0.25, -0.2) is 4.79 Å². The molecule has 0 unspecified atom stereocenters. The highest BCUT2D eigenvalue weighted by molar-refractivity contribution is 8.77. The fourth-order valence-electron chi connectivity index (χ4n) is 7.44. The van der Waals surface area contributed by atoms with Gasteiger partial charge in [-0.05, 0) is 63.1 Å². The Kier molecular flexibility index (Phi) is 21.8. The van der Waals surface area contributed by atoms with Crippen LogP contribution in [0.2, 0.25) is 0 Å². The minimum Gasteiger partial charge on any atom is -0.480 e. The number of aliphatic imine (C=N–C) groups is 2. The SMILES string of the molecule is CC1(C)SSCC[C@H](NC(=O)[C@@H](N)CCCN=C(N)N)C(=O)N[C@@H](CC(N)=O)C(=O)N[C@H](Cc2ccccc2)C(=O)N[C@@H](CCCN=C(N)N)C(=O)N[C@@H](Cc2c[nH]c3ccccc23)C(=O)N[C@@H]1C(=O)O. The number of nitrogens with two attached hydrogens (primary N) is 6. The minimum absolute atomic E-state index is 0.0395. The summed E-state index contributed by atoms with van der Waals surface area (Å²) in [6.45, 7) is 3.39. The number of primary amides is 1. The third-order valence-electron chi connectivity index (χ3n) is 11.2. The van der Waals surface area contributed by atoms with E-state index >= 15 is 0 Å². The summed E-state index contributed by atoms with van der Waals surface area (Å²) < 4.78 is -1.26. The maximum Gasteiger partial charge on any atom is 0.327 e. The fraction of sp³-hybridized carbons (Fsp3) is 0.467. The van der Waals surface area contributed by atoms with Crippen LogP contribution in [0, 0.1) is 0 Å². The van der Waals surface area contributed by atoms with Gasteiger partial charge in [-0.3, -0.25) is 43.5 Å². The topological polar surface area (TPSA) is 426 Å². The second-order valence-corrected chi connectivity index (χ2v) is 20.4. The largest absolute Gasteiger partial charge is 0.480 e. The van der Waals surface area contributed by atoms with Crippen molar-refractivity contribution in [1.82, 2.24) is 36.9 Å². The van der Waals surface area contributed by atoms with Crippen LogP contribution in [0.15, 0.2) is 70.8 Å². The van der Waals surface area contributed by atoms with Gasteiger partial charge in [-0.15, -0.1) is 0 Å². The molecule has 0 radical (unpaired) electrons. The number of fused-ring (bicyclic) bond motifs is 1. The molecule has 7 amide bonds. The summed E-state index contributed by atoms with van der Waals surface area (Å²) in [7, 11) is 2.20. The molecular weight excluding hydrogens is 959 g/mol. The Balaban J connectivity index is 1.80. The number of aromatic amines is 1. The second-order valence-electron chi connectivity index (χ2n) is 17.3. The van der Waals surface area contributed by atoms with Gasteiger partial charge >= 0.3 is 5.97 Å². The highest BCUT2D eigenvalue weighted by Gasteiger charge is 2.40. The smallest absolute Gasteiger partial charge is 0.327 e. The number of carbonyl (C=O) groups is 8. The Morgan fingerprint density at radius 3 is 1.96 bits per heavy atom. The quantitative estimate of drug-likeness (QED) is 0.0296. The minimum atomic E-state index is -1.67. The molecule has 3 aromatic rings. The molecular formula is C45H65N15O9S2. The summed E-state index contributed by atoms with van der Waals surface area (Å²) >= 11 is 0. The molecule has 1 aliphatic heterocycles. The zero-order valence-electron chi connectivity index (χ0n) is 39.5. The van der Waals surface area contributed by atoms with Gasteiger partial charge in [0.15, 0.2) is 11.9 Å². The molecule has 24 nitrogen and oxygen atoms in total. The van der Waals surface area contributed by atoms with Gasteiger partial charge in [-0.1, -0.05) is 70.1 Å². The Morgan fingerprint density at radius 2 is 1.31 bits per heavy atom. The number of carboxylic acid groups (broad SMARTS) is 1. The summed E-state index contributed by atoms with van der Waals surface area (Å²) in [6.07, 6.45) is 1.06. The first-order valence-corrected chi connectivity index (χ1v) is 25.1. The molecule has 386 valence electrons. The summed E-state index contributed by atoms with van der Waals surface area (Å²) in [6, 6.07) is 5.79. The summed E-state index contributed by atoms with van der Waals surface area (Å²) in [4.78, 5) is 122. The lowest BCUT2D eigenvalue weighted by molar-refractivity contribution is -0.143. The molecule has 20 N–H and O–H groups in total. The number of H-pyrrole nitrogens is 1. The van der Waals surface area contributed by atoms with Crippen molar-refractivity contribution in [2.45, 2.75) is 112 Å². The maximum atomic E-state index is 14.5. The van der Waals surface area contributed by atoms with E-state index in [2.05, 4.69) is 46.9 Å². The van der Waals surface area contributed by atoms with Gasteiger partial charge in [0.1, 0.15) is 36.3 Å². The van der Waals surface area contributed by atoms with E-state index in [1.54, 1.807) is 56.4 Å². The highest BCUT2D eigenvalue weighted by atomic mass is 33.1. The molecule has 0 bridgehead atoms. The van der Waals surface area contributed by atoms with Gasteiger partial charge in [0.2, 0.25) is 41.4 Å². The third-order valence-corrected chi connectivity index (χ3v) is 14.5. The Labute approximate surface area is 418 Å². The van der Waals surface area contributed by atoms with Crippen molar-refractivity contribution >= 4 is 91.7 Å². The number of hydrogen-bond acceptors (Lipinski definition) is 13. The molecule has 1 saturated heterocycles. The molecule has 26 heteroatoms. The highest BCUT2D eigenvalue weighted by Crippen LogP contribution is 2.39. The molecule has 1 fully saturated rings. The standard InChI is InChI=1S/C45H65N15O9S2/c1-45(2)35(42(68)69)60-41(67)32(21-25-23-54-28-14-7-6-12-26(25)28)58-37(63)29(15-9-18-53-44(50)51)56-39(65)31(20-24-10-4-3-5-11-24)57-40(66)33(22-34(47)61)59-38(64)30(16-19-70-71-45)55-36(62)27(46)13-8-17-52-43(48)49/h3-7,10-12,14,23,27,29-33,35,54H,8-9,13,15-22,46H2,1-2H3,(H2,47,61)(H,55,62)(H,56,65)(H,57,66)(H,58,63)(H,59,64)(H,60,67)(H,68,69)(H4,48,49,52)(H4,50,51,53)/t27-,29-,30-,31+,32-,33-,35+/m0/s1. The number of para-hydroxylation sites is 1. The number of aromatic nitrogens is 1. The number of nitrogens with one attached hydrogen (secondary N) is 7. The molecule has 7 atom stereocenters. The second kappa shape index (κ2) is 27.4. The van der Waals surface area contributed by atoms with Gasteiger partial charge in [-0.2, -0.15) is 0 Å². The van der Waals surface area contributed by atoms with Crippen molar-refractivity contribution in [3.63, 3.8) is 0 Å². The Hall–Kier alpha value is -7.06. The van der Waals surface area contributed by atoms with E-state index in [-0.39, 0.29) is 69.3 Å². The molecule has 71 heavy (non-hydrogen) atoms. The molecule has 0 saturated carbocycles. The molecule has 4 rings (SSSR count). The predicted octanol–water partition coefficient (Wildman–Crippen LogP) is -2.18. The zero-order valence-corrected chi connectivity index (χ0v) is 41.1. The number of amides is 7. The lowest BCUT2D eigenvalue weighted by Gasteiger charge is -2.32. The van der Waals surface area contributed by atoms with Gasteiger partial charge in [0, 0.05) is 48.8 Å². The average Bonchev–Trinajstić information content (AvgIpc) is 3.72. The van der Waals surface area contributed by atoms with Crippen LogP contribution in [0.4, 0.5) is 0 Å². The first-order valence-electron chi connectivity index (χ1n) is 22.7. The number of nitrogens with zero attached hydrogens (tertiary/aromatic N) is 2. The molecule has 1 aliphatic rings. The number of carbonyl (C=O) groups excluding carboxylic acids is 7. The zero-order chi connectivity index (χ0) is 52.3. The van der Waals surface area contributed by atoms with Crippen LogP contribution in [-0.4, -0.2) is 135 Å². The molecule has 0 spiro atoms. The summed E-state index contributed by atoms with van der Waals surface area (Å²) in [5.74, 6) is -7.88. The number of benzene rings is 2. The van der Waals surface area contributed by atoms with Crippen LogP contribution >= 0.6 is 21.6 Å². The van der Waals surface area contributed by atoms with Crippen molar-refractivity contribution in [3.8, 4) is 0 Å². The third kappa shape index (κ3) is 18.3. The normalized spacial score (nSPS) is 22.2. The van der Waals surface area contributed by atoms with Crippen LogP contribution in [0.5, 0.6) is 0 Å². The average molecular weight is 1020 g/mol. The first-order chi connectivity index (χ1) is 33.6. The fourth-order valence-corrected chi connectivity index (χ4v) is 10.2. The predicted molar refractivity (Wildman–Crippen MR) is 272 cm³/mol. The Morgan fingerprint density at radius 1 is 0.746 bits per heavy atom. The summed E-state index contributed by atoms with van der Waals surface area (Å²) in [5, 5.41) is 27.1. The number of aliphatic carboxylic acids is 1. The van der Waals surface area contributed by atoms with Crippen molar-refractivity contribution in [2.24, 2.45) is 44.4 Å². The lowest BCUT2D eigenvalue weighted by atomic mass is 10.00. The maximum absolute atomic E-state index is 14.5. The van der Waals surface area contributed by atoms with Crippen LogP contribution in [0.25, 0.3) is 10.9 Å². The van der Waals surface area contributed by atoms with E-state index in [1.807, 2.05) is 18.2 Å². The number of carboxylic acids is 1. The van der Waals surface area contributed by atoms with E-state index in [0.717, 1.165) is 32.5 Å². The van der Waals surface area contributed by atoms with Gasteiger partial charge in [0.05, 0.1) is 17.2 Å². The number of guanidine groups is 2. The lowest BCUT2D eigenvalue weighted by Crippen LogP contribution is -2.61. The van der Waals surface area contributed by atoms with Crippen LogP contribution in [0.3, 0.4) is 0 Å². The van der Waals surface area contributed by atoms with Crippen molar-refractivity contribution < 1.29 is 43.5 Å². The van der Waals surface area contributed by atoms with Gasteiger partial charge in [0.25, 0.3) is 0 Å². The molecule has 2 heterocycles. The van der Waals surface area contributed by atoms with E-state index in [1.165, 1.54) is 0 Å². The van der Waals surface area contributed by atoms with E-state index in [4.69, 9.17) is 34.4 Å². The molecule has 2 aromatic carbocycles. The van der Waals surface area contributed by atoms with Crippen LogP contribution in [-0.2, 0) is 51.2 Å². The Bertz CT molecular complexity index is 2410. The van der Waals surface area contributed by atoms with Gasteiger partial charge < -0.3 is 76.4 Å². The van der Waals surface area contributed by atoms with E-state index in [9.17, 15) is 43.5 Å². The van der Waals surface area contributed by atoms with Crippen LogP contribution < -0.4 is 66.3 Å².